The molecule has 36 heavy (non-hydrogen) atoms. The Morgan fingerprint density at radius 2 is 1.08 bits per heavy atom. The molecule has 3 aromatic rings. The second kappa shape index (κ2) is 8.66. The van der Waals surface area contributed by atoms with E-state index in [2.05, 4.69) is 12.1 Å². The van der Waals surface area contributed by atoms with Gasteiger partial charge in [0.2, 0.25) is 0 Å². The van der Waals surface area contributed by atoms with Crippen LogP contribution in [0.15, 0.2) is 48.5 Å². The van der Waals surface area contributed by atoms with Gasteiger partial charge in [-0.15, -0.1) is 0 Å². The van der Waals surface area contributed by atoms with Gasteiger partial charge in [-0.2, -0.15) is 10.5 Å². The molecule has 0 radical (unpaired) electrons. The molecule has 0 N–H and O–H groups in total. The number of rotatable bonds is 4. The molecule has 0 unspecified atom stereocenters. The van der Waals surface area contributed by atoms with E-state index in [4.69, 9.17) is 9.47 Å². The highest BCUT2D eigenvalue weighted by Crippen LogP contribution is 2.60. The molecule has 3 aliphatic rings. The molecule has 2 bridgehead atoms. The first-order valence-electron chi connectivity index (χ1n) is 11.9. The first-order chi connectivity index (χ1) is 17.3. The van der Waals surface area contributed by atoms with Gasteiger partial charge in [0.05, 0.1) is 23.0 Å². The van der Waals surface area contributed by atoms with E-state index in [1.54, 1.807) is 52.0 Å². The van der Waals surface area contributed by atoms with E-state index >= 15 is 0 Å². The number of nitrogens with zero attached hydrogens (tertiary/aromatic N) is 2. The minimum atomic E-state index is -0.364. The molecule has 6 heteroatoms. The Bertz CT molecular complexity index is 1410. The number of carbonyl (C=O) groups is 2. The summed E-state index contributed by atoms with van der Waals surface area (Å²) in [6.07, 6.45) is 0. The fraction of sp³-hybridized carbons (Fsp3) is 0.267. The van der Waals surface area contributed by atoms with Crippen molar-refractivity contribution in [1.29, 1.82) is 10.5 Å². The van der Waals surface area contributed by atoms with E-state index in [0.29, 0.717) is 22.6 Å². The van der Waals surface area contributed by atoms with Crippen molar-refractivity contribution < 1.29 is 19.1 Å². The Morgan fingerprint density at radius 3 is 1.42 bits per heavy atom. The number of nitriles is 2. The van der Waals surface area contributed by atoms with E-state index in [1.807, 2.05) is 24.3 Å². The van der Waals surface area contributed by atoms with Crippen LogP contribution < -0.4 is 9.47 Å². The highest BCUT2D eigenvalue weighted by atomic mass is 16.5. The average Bonchev–Trinajstić information content (AvgIpc) is 2.88. The summed E-state index contributed by atoms with van der Waals surface area (Å²) in [5, 5.41) is 19.4. The Balaban J connectivity index is 1.83. The van der Waals surface area contributed by atoms with Crippen molar-refractivity contribution in [3.8, 4) is 23.6 Å². The van der Waals surface area contributed by atoms with Gasteiger partial charge in [0.1, 0.15) is 23.6 Å². The smallest absolute Gasteiger partial charge is 0.313 e. The van der Waals surface area contributed by atoms with Crippen LogP contribution in [0.1, 0.15) is 84.0 Å². The van der Waals surface area contributed by atoms with Crippen LogP contribution in [0.4, 0.5) is 0 Å². The molecule has 0 aliphatic heterocycles. The molecule has 2 atom stereocenters. The molecular weight excluding hydrogens is 452 g/mol. The van der Waals surface area contributed by atoms with Gasteiger partial charge in [0.15, 0.2) is 0 Å². The van der Waals surface area contributed by atoms with Crippen LogP contribution in [-0.4, -0.2) is 11.9 Å². The van der Waals surface area contributed by atoms with E-state index in [-0.39, 0.29) is 35.6 Å². The van der Waals surface area contributed by atoms with Crippen LogP contribution in [0.3, 0.4) is 0 Å². The van der Waals surface area contributed by atoms with Gasteiger partial charge in [-0.3, -0.25) is 9.59 Å². The second-order valence-corrected chi connectivity index (χ2v) is 9.79. The molecule has 0 saturated carbocycles. The van der Waals surface area contributed by atoms with Gasteiger partial charge in [0.25, 0.3) is 0 Å². The molecule has 0 spiro atoms. The lowest BCUT2D eigenvalue weighted by atomic mass is 9.60. The maximum atomic E-state index is 12.6. The van der Waals surface area contributed by atoms with E-state index in [1.165, 1.54) is 0 Å². The molecule has 0 heterocycles. The fourth-order valence-corrected chi connectivity index (χ4v) is 5.13. The molecule has 0 fully saturated rings. The molecular formula is C30H24N2O4. The number of hydrogen-bond donors (Lipinski definition) is 0. The number of esters is 2. The Hall–Kier alpha value is -4.42. The quantitative estimate of drug-likeness (QED) is 0.249. The predicted molar refractivity (Wildman–Crippen MR) is 132 cm³/mol. The molecule has 3 aliphatic carbocycles. The highest BCUT2D eigenvalue weighted by Gasteiger charge is 2.45. The summed E-state index contributed by atoms with van der Waals surface area (Å²) in [7, 11) is 0. The Labute approximate surface area is 209 Å². The van der Waals surface area contributed by atoms with Gasteiger partial charge >= 0.3 is 11.9 Å². The van der Waals surface area contributed by atoms with Crippen LogP contribution >= 0.6 is 0 Å². The molecule has 178 valence electrons. The van der Waals surface area contributed by atoms with Crippen molar-refractivity contribution in [2.24, 2.45) is 11.8 Å². The van der Waals surface area contributed by atoms with Crippen molar-refractivity contribution >= 4 is 11.9 Å². The predicted octanol–water partition coefficient (Wildman–Crippen LogP) is 5.54. The summed E-state index contributed by atoms with van der Waals surface area (Å²) in [6.45, 7) is 7.08. The van der Waals surface area contributed by atoms with Gasteiger partial charge in [0, 0.05) is 23.0 Å². The summed E-state index contributed by atoms with van der Waals surface area (Å²) in [4.78, 5) is 25.3. The monoisotopic (exact) mass is 476 g/mol. The van der Waals surface area contributed by atoms with Crippen LogP contribution in [-0.2, 0) is 9.59 Å². The van der Waals surface area contributed by atoms with Crippen LogP contribution in [0.2, 0.25) is 0 Å². The number of hydrogen-bond acceptors (Lipinski definition) is 6. The topological polar surface area (TPSA) is 100 Å². The maximum Gasteiger partial charge on any atom is 0.313 e. The number of carbonyl (C=O) groups excluding carboxylic acids is 2. The largest absolute Gasteiger partial charge is 0.426 e. The summed E-state index contributed by atoms with van der Waals surface area (Å²) in [5.41, 5.74) is 5.94. The first kappa shape index (κ1) is 23.3. The lowest BCUT2D eigenvalue weighted by Crippen LogP contribution is -2.30. The summed E-state index contributed by atoms with van der Waals surface area (Å²) >= 11 is 0. The van der Waals surface area contributed by atoms with Gasteiger partial charge in [-0.05, 0) is 46.5 Å². The van der Waals surface area contributed by atoms with Crippen molar-refractivity contribution in [3.63, 3.8) is 0 Å². The second-order valence-electron chi connectivity index (χ2n) is 9.79. The third-order valence-electron chi connectivity index (χ3n) is 6.85. The standard InChI is InChI=1S/C30H24N2O4/c1-15(2)29(33)35-23-9-10-24(36-30(34)16(3)4)28-26-20-8-6-5-7-19(20)25(27(23)28)21-11-17(13-31)18(14-32)12-22(21)26/h5-12,15-16,25-26H,1-4H3/t25-,26+. The molecule has 6 nitrogen and oxygen atoms in total. The summed E-state index contributed by atoms with van der Waals surface area (Å²) in [5.74, 6) is -1.29. The van der Waals surface area contributed by atoms with E-state index in [9.17, 15) is 20.1 Å². The third-order valence-corrected chi connectivity index (χ3v) is 6.85. The van der Waals surface area contributed by atoms with Crippen LogP contribution in [0, 0.1) is 34.5 Å². The van der Waals surface area contributed by atoms with Crippen molar-refractivity contribution in [1.82, 2.24) is 0 Å². The minimum absolute atomic E-state index is 0.297. The maximum absolute atomic E-state index is 12.6. The number of benzene rings is 3. The molecule has 3 aromatic carbocycles. The van der Waals surface area contributed by atoms with E-state index in [0.717, 1.165) is 33.4 Å². The third kappa shape index (κ3) is 3.46. The molecule has 0 saturated heterocycles. The van der Waals surface area contributed by atoms with Crippen molar-refractivity contribution in [3.05, 3.63) is 93.0 Å². The fourth-order valence-electron chi connectivity index (χ4n) is 5.13. The van der Waals surface area contributed by atoms with Gasteiger partial charge < -0.3 is 9.47 Å². The van der Waals surface area contributed by atoms with Crippen molar-refractivity contribution in [2.45, 2.75) is 39.5 Å². The number of ether oxygens (including phenoxy) is 2. The zero-order valence-corrected chi connectivity index (χ0v) is 20.5. The first-order valence-corrected chi connectivity index (χ1v) is 11.9. The Morgan fingerprint density at radius 1 is 0.694 bits per heavy atom. The lowest BCUT2D eigenvalue weighted by Gasteiger charge is -2.43. The summed E-state index contributed by atoms with van der Waals surface area (Å²) < 4.78 is 11.7. The summed E-state index contributed by atoms with van der Waals surface area (Å²) in [6, 6.07) is 19.1. The Kier molecular flexibility index (Phi) is 5.61. The van der Waals surface area contributed by atoms with E-state index < -0.39 is 0 Å². The average molecular weight is 477 g/mol. The molecule has 0 amide bonds. The normalized spacial score (nSPS) is 16.4. The minimum Gasteiger partial charge on any atom is -0.426 e. The molecule has 0 aromatic heterocycles. The van der Waals surface area contributed by atoms with Gasteiger partial charge in [-0.25, -0.2) is 0 Å². The lowest BCUT2D eigenvalue weighted by molar-refractivity contribution is -0.138. The van der Waals surface area contributed by atoms with Crippen LogP contribution in [0.25, 0.3) is 0 Å². The van der Waals surface area contributed by atoms with Gasteiger partial charge in [-0.1, -0.05) is 52.0 Å². The zero-order chi connectivity index (χ0) is 25.7. The van der Waals surface area contributed by atoms with Crippen molar-refractivity contribution in [2.75, 3.05) is 0 Å². The highest BCUT2D eigenvalue weighted by molar-refractivity contribution is 5.81. The van der Waals surface area contributed by atoms with Crippen LogP contribution in [0.5, 0.6) is 11.5 Å². The zero-order valence-electron chi connectivity index (χ0n) is 20.5. The molecule has 6 rings (SSSR count). The SMILES string of the molecule is CC(C)C(=O)Oc1ccc(OC(=O)C(C)C)c2c1[C@@H]1c3ccccc3[C@H]2c2cc(C#N)c(C#N)cc21.